The first-order valence-electron chi connectivity index (χ1n) is 9.77. The zero-order valence-corrected chi connectivity index (χ0v) is 15.6. The molecular weight excluding hydrogens is 302 g/mol. The molecule has 0 bridgehead atoms. The van der Waals surface area contributed by atoms with Crippen molar-refractivity contribution >= 4 is 11.8 Å². The molecule has 0 aromatic carbocycles. The minimum Gasteiger partial charge on any atom is -0.342 e. The van der Waals surface area contributed by atoms with Gasteiger partial charge in [0.15, 0.2) is 0 Å². The molecule has 0 atom stereocenters. The van der Waals surface area contributed by atoms with E-state index in [1.807, 2.05) is 9.80 Å². The Kier molecular flexibility index (Phi) is 5.19. The minimum atomic E-state index is -0.369. The van der Waals surface area contributed by atoms with E-state index in [-0.39, 0.29) is 17.4 Å². The normalized spacial score (nSPS) is 31.5. The van der Waals surface area contributed by atoms with E-state index in [4.69, 9.17) is 0 Å². The van der Waals surface area contributed by atoms with Gasteiger partial charge in [0.1, 0.15) is 5.54 Å². The molecule has 1 aliphatic carbocycles. The number of amides is 2. The molecule has 3 aliphatic rings. The number of piperazine rings is 1. The van der Waals surface area contributed by atoms with Crippen LogP contribution in [0.4, 0.5) is 0 Å². The fraction of sp³-hybridized carbons (Fsp3) is 0.895. The zero-order valence-electron chi connectivity index (χ0n) is 15.6. The smallest absolute Gasteiger partial charge is 0.243 e. The second-order valence-electron chi connectivity index (χ2n) is 8.12. The van der Waals surface area contributed by atoms with Crippen LogP contribution in [-0.2, 0) is 9.59 Å². The lowest BCUT2D eigenvalue weighted by Gasteiger charge is -2.51. The average molecular weight is 335 g/mol. The van der Waals surface area contributed by atoms with Crippen LogP contribution >= 0.6 is 0 Å². The van der Waals surface area contributed by atoms with Crippen LogP contribution < -0.4 is 0 Å². The van der Waals surface area contributed by atoms with Gasteiger partial charge in [-0.2, -0.15) is 0 Å². The maximum atomic E-state index is 12.9. The molecule has 3 fully saturated rings. The largest absolute Gasteiger partial charge is 0.342 e. The Morgan fingerprint density at radius 1 is 1.08 bits per heavy atom. The quantitative estimate of drug-likeness (QED) is 0.775. The van der Waals surface area contributed by atoms with Crippen LogP contribution in [0.25, 0.3) is 0 Å². The maximum absolute atomic E-state index is 12.9. The van der Waals surface area contributed by atoms with Crippen molar-refractivity contribution in [3.63, 3.8) is 0 Å². The van der Waals surface area contributed by atoms with Crippen molar-refractivity contribution in [2.75, 3.05) is 39.8 Å². The number of carbonyl (C=O) groups is 2. The highest BCUT2D eigenvalue weighted by Crippen LogP contribution is 2.35. The maximum Gasteiger partial charge on any atom is 0.243 e. The van der Waals surface area contributed by atoms with Crippen LogP contribution in [0.3, 0.4) is 0 Å². The van der Waals surface area contributed by atoms with Crippen molar-refractivity contribution in [2.45, 2.75) is 57.9 Å². The molecule has 5 heteroatoms. The Morgan fingerprint density at radius 2 is 1.71 bits per heavy atom. The Hall–Kier alpha value is -1.10. The fourth-order valence-electron chi connectivity index (χ4n) is 4.80. The van der Waals surface area contributed by atoms with Gasteiger partial charge in [-0.15, -0.1) is 0 Å². The molecule has 2 heterocycles. The molecule has 3 rings (SSSR count). The summed E-state index contributed by atoms with van der Waals surface area (Å²) in [6, 6.07) is 0. The first-order chi connectivity index (χ1) is 11.5. The third-order valence-corrected chi connectivity index (χ3v) is 6.77. The topological polar surface area (TPSA) is 43.9 Å². The van der Waals surface area contributed by atoms with E-state index in [2.05, 4.69) is 25.8 Å². The highest BCUT2D eigenvalue weighted by Gasteiger charge is 2.49. The summed E-state index contributed by atoms with van der Waals surface area (Å²) in [4.78, 5) is 32.0. The molecule has 0 aromatic rings. The molecular formula is C19H33N3O2. The van der Waals surface area contributed by atoms with Crippen molar-refractivity contribution in [1.29, 1.82) is 0 Å². The Labute approximate surface area is 146 Å². The summed E-state index contributed by atoms with van der Waals surface area (Å²) in [5.41, 5.74) is -0.369. The van der Waals surface area contributed by atoms with Crippen LogP contribution in [0.15, 0.2) is 0 Å². The third-order valence-electron chi connectivity index (χ3n) is 6.77. The highest BCUT2D eigenvalue weighted by atomic mass is 16.2. The molecule has 2 amide bonds. The van der Waals surface area contributed by atoms with Crippen molar-refractivity contribution in [3.8, 4) is 0 Å². The number of likely N-dealkylation sites (N-methyl/N-ethyl adjacent to an activating group) is 2. The molecule has 2 saturated heterocycles. The van der Waals surface area contributed by atoms with E-state index in [0.717, 1.165) is 64.3 Å². The molecule has 2 aliphatic heterocycles. The summed E-state index contributed by atoms with van der Waals surface area (Å²) in [5.74, 6) is 1.61. The Balaban J connectivity index is 1.62. The fourth-order valence-corrected chi connectivity index (χ4v) is 4.80. The first kappa shape index (κ1) is 17.7. The zero-order chi connectivity index (χ0) is 17.3. The molecule has 0 radical (unpaired) electrons. The van der Waals surface area contributed by atoms with E-state index in [1.165, 1.54) is 12.8 Å². The molecule has 136 valence electrons. The van der Waals surface area contributed by atoms with E-state index in [1.54, 1.807) is 0 Å². The van der Waals surface area contributed by atoms with Crippen LogP contribution in [0.2, 0.25) is 0 Å². The molecule has 5 nitrogen and oxygen atoms in total. The lowest BCUT2D eigenvalue weighted by atomic mass is 9.80. The lowest BCUT2D eigenvalue weighted by molar-refractivity contribution is -0.157. The van der Waals surface area contributed by atoms with Crippen LogP contribution in [-0.4, -0.2) is 71.8 Å². The van der Waals surface area contributed by atoms with Crippen molar-refractivity contribution in [3.05, 3.63) is 0 Å². The number of nitrogens with zero attached hydrogens (tertiary/aromatic N) is 3. The van der Waals surface area contributed by atoms with Crippen LogP contribution in [0.5, 0.6) is 0 Å². The third kappa shape index (κ3) is 3.07. The summed E-state index contributed by atoms with van der Waals surface area (Å²) >= 11 is 0. The van der Waals surface area contributed by atoms with Gasteiger partial charge in [-0.25, -0.2) is 0 Å². The van der Waals surface area contributed by atoms with Gasteiger partial charge >= 0.3 is 0 Å². The van der Waals surface area contributed by atoms with Gasteiger partial charge in [0.25, 0.3) is 0 Å². The number of hydrogen-bond donors (Lipinski definition) is 0. The predicted octanol–water partition coefficient (Wildman–Crippen LogP) is 1.97. The van der Waals surface area contributed by atoms with Crippen molar-refractivity contribution in [2.24, 2.45) is 11.8 Å². The molecule has 0 N–H and O–H groups in total. The monoisotopic (exact) mass is 335 g/mol. The number of rotatable bonds is 2. The summed E-state index contributed by atoms with van der Waals surface area (Å²) in [6.07, 6.45) is 6.03. The Morgan fingerprint density at radius 3 is 2.29 bits per heavy atom. The molecule has 1 spiro atoms. The first-order valence-corrected chi connectivity index (χ1v) is 9.77. The number of carbonyl (C=O) groups excluding carboxylic acids is 2. The lowest BCUT2D eigenvalue weighted by Crippen LogP contribution is -2.68. The van der Waals surface area contributed by atoms with Crippen molar-refractivity contribution < 1.29 is 9.59 Å². The van der Waals surface area contributed by atoms with Crippen LogP contribution in [0, 0.1) is 11.8 Å². The van der Waals surface area contributed by atoms with E-state index in [0.29, 0.717) is 5.91 Å². The summed E-state index contributed by atoms with van der Waals surface area (Å²) in [5, 5.41) is 0. The van der Waals surface area contributed by atoms with Gasteiger partial charge in [0.2, 0.25) is 11.8 Å². The number of hydrogen-bond acceptors (Lipinski definition) is 3. The minimum absolute atomic E-state index is 0.224. The SMILES string of the molecule is CCN1CCN(C)C2(CCN(C(=O)C3CCC(C)CC3)CC2)C1=O. The molecule has 0 aromatic heterocycles. The van der Waals surface area contributed by atoms with Gasteiger partial charge in [0, 0.05) is 38.6 Å². The van der Waals surface area contributed by atoms with Crippen LogP contribution in [0.1, 0.15) is 52.4 Å². The highest BCUT2D eigenvalue weighted by molar-refractivity contribution is 5.88. The molecule has 24 heavy (non-hydrogen) atoms. The van der Waals surface area contributed by atoms with E-state index < -0.39 is 0 Å². The Bertz CT molecular complexity index is 477. The second-order valence-corrected chi connectivity index (χ2v) is 8.12. The van der Waals surface area contributed by atoms with Gasteiger partial charge in [-0.3, -0.25) is 14.5 Å². The number of likely N-dealkylation sites (tertiary alicyclic amines) is 1. The van der Waals surface area contributed by atoms with Gasteiger partial charge in [-0.05, 0) is 58.4 Å². The average Bonchev–Trinajstić information content (AvgIpc) is 2.61. The standard InChI is InChI=1S/C19H33N3O2/c1-4-21-14-13-20(3)19(18(21)24)9-11-22(12-10-19)17(23)16-7-5-15(2)6-8-16/h15-16H,4-14H2,1-3H3. The summed E-state index contributed by atoms with van der Waals surface area (Å²) in [7, 11) is 2.07. The summed E-state index contributed by atoms with van der Waals surface area (Å²) in [6.45, 7) is 8.37. The molecule has 0 unspecified atom stereocenters. The van der Waals surface area contributed by atoms with E-state index >= 15 is 0 Å². The molecule has 1 saturated carbocycles. The van der Waals surface area contributed by atoms with Gasteiger partial charge < -0.3 is 9.80 Å². The van der Waals surface area contributed by atoms with E-state index in [9.17, 15) is 9.59 Å². The van der Waals surface area contributed by atoms with Gasteiger partial charge in [-0.1, -0.05) is 6.92 Å². The second kappa shape index (κ2) is 7.03. The van der Waals surface area contributed by atoms with Crippen molar-refractivity contribution in [1.82, 2.24) is 14.7 Å². The summed E-state index contributed by atoms with van der Waals surface area (Å²) < 4.78 is 0. The number of piperidine rings is 1. The predicted molar refractivity (Wildman–Crippen MR) is 94.6 cm³/mol. The van der Waals surface area contributed by atoms with Gasteiger partial charge in [0.05, 0.1) is 0 Å².